The van der Waals surface area contributed by atoms with Crippen molar-refractivity contribution in [1.29, 1.82) is 0 Å². The van der Waals surface area contributed by atoms with Gasteiger partial charge >= 0.3 is 0 Å². The van der Waals surface area contributed by atoms with E-state index in [2.05, 4.69) is 20.8 Å². The van der Waals surface area contributed by atoms with Gasteiger partial charge < -0.3 is 15.4 Å². The Hall–Kier alpha value is -2.19. The van der Waals surface area contributed by atoms with E-state index in [0.717, 1.165) is 5.01 Å². The maximum atomic E-state index is 12.1. The predicted molar refractivity (Wildman–Crippen MR) is 103 cm³/mol. The van der Waals surface area contributed by atoms with Crippen LogP contribution in [0.25, 0.3) is 0 Å². The zero-order valence-electron chi connectivity index (χ0n) is 15.1. The fourth-order valence-electron chi connectivity index (χ4n) is 1.98. The molecule has 0 atom stereocenters. The normalized spacial score (nSPS) is 11.1. The summed E-state index contributed by atoms with van der Waals surface area (Å²) in [7, 11) is 1.50. The van der Waals surface area contributed by atoms with Crippen LogP contribution in [-0.4, -0.2) is 29.1 Å². The predicted octanol–water partition coefficient (Wildman–Crippen LogP) is 3.86. The topological polar surface area (TPSA) is 93.2 Å². The first kappa shape index (κ1) is 20.1. The molecule has 0 aliphatic carbocycles. The van der Waals surface area contributed by atoms with E-state index < -0.39 is 0 Å². The van der Waals surface area contributed by atoms with Crippen molar-refractivity contribution in [2.45, 2.75) is 39.0 Å². The third-order valence-electron chi connectivity index (χ3n) is 3.33. The van der Waals surface area contributed by atoms with Gasteiger partial charge in [-0.25, -0.2) is 0 Å². The second kappa shape index (κ2) is 8.46. The van der Waals surface area contributed by atoms with Gasteiger partial charge in [-0.2, -0.15) is 0 Å². The second-order valence-electron chi connectivity index (χ2n) is 6.60. The van der Waals surface area contributed by atoms with Gasteiger partial charge in [0.05, 0.1) is 12.8 Å². The lowest BCUT2D eigenvalue weighted by atomic mass is 9.98. The molecule has 2 aromatic rings. The van der Waals surface area contributed by atoms with E-state index in [9.17, 15) is 9.59 Å². The van der Waals surface area contributed by atoms with Crippen molar-refractivity contribution in [2.75, 3.05) is 17.7 Å². The Balaban J connectivity index is 1.86. The number of carbonyl (C=O) groups is 2. The molecule has 0 radical (unpaired) electrons. The minimum Gasteiger partial charge on any atom is -0.495 e. The summed E-state index contributed by atoms with van der Waals surface area (Å²) in [5.41, 5.74) is 0.334. The highest BCUT2D eigenvalue weighted by Crippen LogP contribution is 2.29. The van der Waals surface area contributed by atoms with Crippen molar-refractivity contribution in [3.8, 4) is 5.75 Å². The Labute approximate surface area is 161 Å². The standard InChI is InChI=1S/C17H21ClN4O3S/c1-17(2,3)15-21-22-16(26-15)20-14(24)8-7-13(23)19-11-9-10(18)5-6-12(11)25-4/h5-6,9H,7-8H2,1-4H3,(H,19,23)(H,20,22,24). The molecule has 0 aliphatic heterocycles. The first-order valence-corrected chi connectivity index (χ1v) is 9.15. The van der Waals surface area contributed by atoms with Crippen molar-refractivity contribution in [1.82, 2.24) is 10.2 Å². The SMILES string of the molecule is COc1ccc(Cl)cc1NC(=O)CCC(=O)Nc1nnc(C(C)(C)C)s1. The molecule has 0 spiro atoms. The number of nitrogens with zero attached hydrogens (tertiary/aromatic N) is 2. The molecule has 0 aliphatic rings. The summed E-state index contributed by atoms with van der Waals surface area (Å²) in [5, 5.41) is 15.1. The molecular weight excluding hydrogens is 376 g/mol. The molecular formula is C17H21ClN4O3S. The van der Waals surface area contributed by atoms with E-state index in [1.807, 2.05) is 20.8 Å². The molecule has 1 aromatic carbocycles. The molecule has 0 saturated heterocycles. The third-order valence-corrected chi connectivity index (χ3v) is 4.83. The van der Waals surface area contributed by atoms with E-state index in [-0.39, 0.29) is 30.1 Å². The van der Waals surface area contributed by atoms with E-state index >= 15 is 0 Å². The van der Waals surface area contributed by atoms with Crippen LogP contribution in [0.15, 0.2) is 18.2 Å². The molecule has 26 heavy (non-hydrogen) atoms. The number of nitrogens with one attached hydrogen (secondary N) is 2. The largest absolute Gasteiger partial charge is 0.495 e. The van der Waals surface area contributed by atoms with Gasteiger partial charge in [0.25, 0.3) is 0 Å². The minimum atomic E-state index is -0.312. The van der Waals surface area contributed by atoms with Crippen LogP contribution >= 0.6 is 22.9 Å². The van der Waals surface area contributed by atoms with Gasteiger partial charge in [-0.1, -0.05) is 43.7 Å². The van der Waals surface area contributed by atoms with E-state index in [4.69, 9.17) is 16.3 Å². The Morgan fingerprint density at radius 1 is 1.15 bits per heavy atom. The summed E-state index contributed by atoms with van der Waals surface area (Å²) in [6, 6.07) is 4.91. The number of ether oxygens (including phenoxy) is 1. The van der Waals surface area contributed by atoms with E-state index in [1.165, 1.54) is 18.4 Å². The number of amides is 2. The highest BCUT2D eigenvalue weighted by atomic mass is 35.5. The summed E-state index contributed by atoms with van der Waals surface area (Å²) < 4.78 is 5.17. The van der Waals surface area contributed by atoms with Crippen molar-refractivity contribution in [3.63, 3.8) is 0 Å². The van der Waals surface area contributed by atoms with Crippen LogP contribution in [0.4, 0.5) is 10.8 Å². The van der Waals surface area contributed by atoms with Crippen molar-refractivity contribution < 1.29 is 14.3 Å². The highest BCUT2D eigenvalue weighted by molar-refractivity contribution is 7.15. The van der Waals surface area contributed by atoms with Gasteiger partial charge in [0.1, 0.15) is 10.8 Å². The molecule has 0 unspecified atom stereocenters. The van der Waals surface area contributed by atoms with Gasteiger partial charge in [0.15, 0.2) is 0 Å². The Kier molecular flexibility index (Phi) is 6.55. The first-order chi connectivity index (χ1) is 12.2. The maximum Gasteiger partial charge on any atom is 0.226 e. The molecule has 1 aromatic heterocycles. The molecule has 9 heteroatoms. The van der Waals surface area contributed by atoms with Gasteiger partial charge in [0.2, 0.25) is 16.9 Å². The summed E-state index contributed by atoms with van der Waals surface area (Å²) in [4.78, 5) is 24.1. The van der Waals surface area contributed by atoms with Crippen LogP contribution in [0.2, 0.25) is 5.02 Å². The zero-order valence-corrected chi connectivity index (χ0v) is 16.6. The third kappa shape index (κ3) is 5.67. The maximum absolute atomic E-state index is 12.1. The van der Waals surface area contributed by atoms with Crippen molar-refractivity contribution in [3.05, 3.63) is 28.2 Å². The average molecular weight is 397 g/mol. The average Bonchev–Trinajstić information content (AvgIpc) is 3.02. The number of methoxy groups -OCH3 is 1. The Morgan fingerprint density at radius 2 is 1.81 bits per heavy atom. The molecule has 2 amide bonds. The van der Waals surface area contributed by atoms with Crippen LogP contribution < -0.4 is 15.4 Å². The highest BCUT2D eigenvalue weighted by Gasteiger charge is 2.20. The Bertz CT molecular complexity index is 802. The molecule has 2 N–H and O–H groups in total. The summed E-state index contributed by atoms with van der Waals surface area (Å²) in [6.45, 7) is 6.06. The summed E-state index contributed by atoms with van der Waals surface area (Å²) >= 11 is 7.25. The number of benzene rings is 1. The van der Waals surface area contributed by atoms with E-state index in [1.54, 1.807) is 18.2 Å². The Morgan fingerprint density at radius 3 is 2.38 bits per heavy atom. The molecule has 0 saturated carbocycles. The van der Waals surface area contributed by atoms with Crippen LogP contribution in [-0.2, 0) is 15.0 Å². The van der Waals surface area contributed by atoms with Crippen LogP contribution in [0.5, 0.6) is 5.75 Å². The first-order valence-electron chi connectivity index (χ1n) is 7.96. The molecule has 7 nitrogen and oxygen atoms in total. The smallest absolute Gasteiger partial charge is 0.226 e. The van der Waals surface area contributed by atoms with Gasteiger partial charge in [0, 0.05) is 23.3 Å². The molecule has 0 fully saturated rings. The molecule has 1 heterocycles. The number of hydrogen-bond acceptors (Lipinski definition) is 6. The lowest BCUT2D eigenvalue weighted by molar-refractivity contribution is -0.121. The quantitative estimate of drug-likeness (QED) is 0.773. The number of aromatic nitrogens is 2. The van der Waals surface area contributed by atoms with Crippen molar-refractivity contribution in [2.24, 2.45) is 0 Å². The van der Waals surface area contributed by atoms with Gasteiger partial charge in [-0.05, 0) is 18.2 Å². The van der Waals surface area contributed by atoms with Crippen LogP contribution in [0.3, 0.4) is 0 Å². The van der Waals surface area contributed by atoms with Crippen molar-refractivity contribution >= 4 is 45.6 Å². The monoisotopic (exact) mass is 396 g/mol. The number of rotatable bonds is 6. The zero-order chi connectivity index (χ0) is 19.3. The summed E-state index contributed by atoms with van der Waals surface area (Å²) in [5.74, 6) is -0.112. The lowest BCUT2D eigenvalue weighted by Crippen LogP contribution is -2.17. The molecule has 0 bridgehead atoms. The van der Waals surface area contributed by atoms with Crippen LogP contribution in [0.1, 0.15) is 38.6 Å². The number of halogens is 1. The fourth-order valence-corrected chi connectivity index (χ4v) is 2.97. The molecule has 140 valence electrons. The minimum absolute atomic E-state index is 0.0203. The lowest BCUT2D eigenvalue weighted by Gasteiger charge is -2.12. The molecule has 2 rings (SSSR count). The number of carbonyl (C=O) groups excluding carboxylic acids is 2. The van der Waals surface area contributed by atoms with Crippen LogP contribution in [0, 0.1) is 0 Å². The van der Waals surface area contributed by atoms with Gasteiger partial charge in [-0.15, -0.1) is 10.2 Å². The van der Waals surface area contributed by atoms with E-state index in [0.29, 0.717) is 21.6 Å². The summed E-state index contributed by atoms with van der Waals surface area (Å²) in [6.07, 6.45) is 0.0472. The van der Waals surface area contributed by atoms with Gasteiger partial charge in [-0.3, -0.25) is 9.59 Å². The number of anilines is 2. The fraction of sp³-hybridized carbons (Fsp3) is 0.412. The number of hydrogen-bond donors (Lipinski definition) is 2. The second-order valence-corrected chi connectivity index (χ2v) is 8.02.